The van der Waals surface area contributed by atoms with Gasteiger partial charge in [0.1, 0.15) is 10.8 Å². The summed E-state index contributed by atoms with van der Waals surface area (Å²) in [6.07, 6.45) is 2.67. The zero-order valence-electron chi connectivity index (χ0n) is 12.9. The lowest BCUT2D eigenvalue weighted by atomic mass is 10.1. The van der Waals surface area contributed by atoms with Crippen molar-refractivity contribution >= 4 is 17.2 Å². The fourth-order valence-corrected chi connectivity index (χ4v) is 3.23. The van der Waals surface area contributed by atoms with E-state index in [0.29, 0.717) is 19.4 Å². The molecule has 0 atom stereocenters. The van der Waals surface area contributed by atoms with Crippen LogP contribution in [0, 0.1) is 6.92 Å². The van der Waals surface area contributed by atoms with E-state index in [1.165, 1.54) is 5.56 Å². The van der Waals surface area contributed by atoms with E-state index in [9.17, 15) is 4.79 Å². The van der Waals surface area contributed by atoms with Gasteiger partial charge in [-0.25, -0.2) is 4.98 Å². The molecule has 0 aliphatic carbocycles. The van der Waals surface area contributed by atoms with Crippen molar-refractivity contribution in [2.24, 2.45) is 0 Å². The fourth-order valence-electron chi connectivity index (χ4n) is 2.29. The smallest absolute Gasteiger partial charge is 0.220 e. The number of rotatable bonds is 6. The average Bonchev–Trinajstić information content (AvgIpc) is 3.23. The molecule has 1 aromatic carbocycles. The fraction of sp³-hybridized carbons (Fsp3) is 0.222. The number of thiazole rings is 1. The minimum atomic E-state index is 0.00633. The van der Waals surface area contributed by atoms with Crippen molar-refractivity contribution in [3.05, 3.63) is 65.1 Å². The zero-order valence-corrected chi connectivity index (χ0v) is 13.7. The molecule has 0 spiro atoms. The highest BCUT2D eigenvalue weighted by molar-refractivity contribution is 7.13. The number of nitrogens with zero attached hydrogens (tertiary/aromatic N) is 1. The molecule has 0 aliphatic rings. The van der Waals surface area contributed by atoms with E-state index in [0.717, 1.165) is 22.0 Å². The molecule has 4 nitrogen and oxygen atoms in total. The lowest BCUT2D eigenvalue weighted by Gasteiger charge is -2.02. The van der Waals surface area contributed by atoms with E-state index in [1.807, 2.05) is 29.6 Å². The number of amides is 1. The number of furan rings is 1. The number of nitrogens with one attached hydrogen (secondary N) is 1. The summed E-state index contributed by atoms with van der Waals surface area (Å²) in [7, 11) is 0. The quantitative estimate of drug-likeness (QED) is 0.746. The first kappa shape index (κ1) is 15.5. The summed E-state index contributed by atoms with van der Waals surface area (Å²) in [6, 6.07) is 11.9. The Morgan fingerprint density at radius 3 is 2.91 bits per heavy atom. The molecule has 23 heavy (non-hydrogen) atoms. The largest absolute Gasteiger partial charge is 0.467 e. The Hall–Kier alpha value is -2.40. The van der Waals surface area contributed by atoms with Gasteiger partial charge in [0.25, 0.3) is 0 Å². The molecule has 0 saturated carbocycles. The van der Waals surface area contributed by atoms with Crippen LogP contribution < -0.4 is 5.32 Å². The van der Waals surface area contributed by atoms with Crippen molar-refractivity contribution in [3.8, 4) is 10.6 Å². The van der Waals surface area contributed by atoms with Gasteiger partial charge < -0.3 is 9.73 Å². The number of benzene rings is 1. The van der Waals surface area contributed by atoms with Gasteiger partial charge in [0, 0.05) is 17.4 Å². The topological polar surface area (TPSA) is 55.1 Å². The second-order valence-corrected chi connectivity index (χ2v) is 6.17. The van der Waals surface area contributed by atoms with Crippen molar-refractivity contribution in [3.63, 3.8) is 0 Å². The standard InChI is InChI=1S/C18H18N2O2S/c1-13-5-2-3-7-16(13)18-20-14(12-23-18)8-9-17(21)19-11-15-6-4-10-22-15/h2-7,10,12H,8-9,11H2,1H3,(H,19,21). The van der Waals surface area contributed by atoms with Gasteiger partial charge in [-0.2, -0.15) is 0 Å². The molecule has 0 fully saturated rings. The molecule has 1 amide bonds. The van der Waals surface area contributed by atoms with Crippen molar-refractivity contribution in [2.45, 2.75) is 26.3 Å². The van der Waals surface area contributed by atoms with Crippen LogP contribution >= 0.6 is 11.3 Å². The molecular weight excluding hydrogens is 308 g/mol. The molecular formula is C18H18N2O2S. The van der Waals surface area contributed by atoms with Crippen molar-refractivity contribution in [1.82, 2.24) is 10.3 Å². The van der Waals surface area contributed by atoms with Crippen LogP contribution in [0.25, 0.3) is 10.6 Å². The third-order valence-electron chi connectivity index (χ3n) is 3.58. The maximum atomic E-state index is 11.9. The van der Waals surface area contributed by atoms with Gasteiger partial charge in [0.15, 0.2) is 0 Å². The lowest BCUT2D eigenvalue weighted by molar-refractivity contribution is -0.121. The van der Waals surface area contributed by atoms with Gasteiger partial charge in [-0.15, -0.1) is 11.3 Å². The van der Waals surface area contributed by atoms with E-state index in [2.05, 4.69) is 29.4 Å². The monoisotopic (exact) mass is 326 g/mol. The first-order chi connectivity index (χ1) is 11.2. The Labute approximate surface area is 139 Å². The Kier molecular flexibility index (Phi) is 4.88. The molecule has 0 unspecified atom stereocenters. The molecule has 118 valence electrons. The molecule has 3 aromatic rings. The number of aromatic nitrogens is 1. The van der Waals surface area contributed by atoms with Gasteiger partial charge >= 0.3 is 0 Å². The molecule has 1 N–H and O–H groups in total. The number of hydrogen-bond acceptors (Lipinski definition) is 4. The predicted molar refractivity (Wildman–Crippen MR) is 91.2 cm³/mol. The highest BCUT2D eigenvalue weighted by Crippen LogP contribution is 2.26. The first-order valence-corrected chi connectivity index (χ1v) is 8.40. The van der Waals surface area contributed by atoms with Crippen molar-refractivity contribution < 1.29 is 9.21 Å². The van der Waals surface area contributed by atoms with Crippen LogP contribution in [0.3, 0.4) is 0 Å². The molecule has 0 radical (unpaired) electrons. The highest BCUT2D eigenvalue weighted by atomic mass is 32.1. The maximum Gasteiger partial charge on any atom is 0.220 e. The molecule has 0 bridgehead atoms. The van der Waals surface area contributed by atoms with Gasteiger partial charge in [0.05, 0.1) is 18.5 Å². The molecule has 0 saturated heterocycles. The first-order valence-electron chi connectivity index (χ1n) is 7.52. The maximum absolute atomic E-state index is 11.9. The Morgan fingerprint density at radius 2 is 2.13 bits per heavy atom. The summed E-state index contributed by atoms with van der Waals surface area (Å²) in [5, 5.41) is 5.88. The van der Waals surface area contributed by atoms with Crippen LogP contribution in [0.15, 0.2) is 52.5 Å². The third kappa shape index (κ3) is 4.07. The molecule has 3 rings (SSSR count). The summed E-state index contributed by atoms with van der Waals surface area (Å²) < 4.78 is 5.18. The normalized spacial score (nSPS) is 10.7. The Bertz CT molecular complexity index is 778. The van der Waals surface area contributed by atoms with Gasteiger partial charge in [-0.05, 0) is 31.0 Å². The SMILES string of the molecule is Cc1ccccc1-c1nc(CCC(=O)NCc2ccco2)cs1. The summed E-state index contributed by atoms with van der Waals surface area (Å²) in [5.74, 6) is 0.765. The minimum Gasteiger partial charge on any atom is -0.467 e. The molecule has 0 aliphatic heterocycles. The average molecular weight is 326 g/mol. The third-order valence-corrected chi connectivity index (χ3v) is 4.50. The molecule has 5 heteroatoms. The second kappa shape index (κ2) is 7.24. The summed E-state index contributed by atoms with van der Waals surface area (Å²) in [5.41, 5.74) is 3.33. The molecule has 2 aromatic heterocycles. The van der Waals surface area contributed by atoms with Gasteiger partial charge in [-0.1, -0.05) is 24.3 Å². The zero-order chi connectivity index (χ0) is 16.1. The molecule has 2 heterocycles. The second-order valence-electron chi connectivity index (χ2n) is 5.32. The lowest BCUT2D eigenvalue weighted by Crippen LogP contribution is -2.22. The van der Waals surface area contributed by atoms with E-state index in [4.69, 9.17) is 4.42 Å². The summed E-state index contributed by atoms with van der Waals surface area (Å²) in [6.45, 7) is 2.51. The Morgan fingerprint density at radius 1 is 1.26 bits per heavy atom. The number of carbonyl (C=O) groups is 1. The van der Waals surface area contributed by atoms with Crippen molar-refractivity contribution in [1.29, 1.82) is 0 Å². The Balaban J connectivity index is 1.53. The van der Waals surface area contributed by atoms with Crippen LogP contribution in [0.5, 0.6) is 0 Å². The summed E-state index contributed by atoms with van der Waals surface area (Å²) in [4.78, 5) is 16.5. The number of aryl methyl sites for hydroxylation is 2. The minimum absolute atomic E-state index is 0.00633. The number of hydrogen-bond donors (Lipinski definition) is 1. The predicted octanol–water partition coefficient (Wildman–Crippen LogP) is 3.96. The van der Waals surface area contributed by atoms with E-state index >= 15 is 0 Å². The van der Waals surface area contributed by atoms with Crippen molar-refractivity contribution in [2.75, 3.05) is 0 Å². The van der Waals surface area contributed by atoms with E-state index in [-0.39, 0.29) is 5.91 Å². The van der Waals surface area contributed by atoms with Crippen LogP contribution in [-0.2, 0) is 17.8 Å². The van der Waals surface area contributed by atoms with E-state index in [1.54, 1.807) is 17.6 Å². The van der Waals surface area contributed by atoms with Crippen LogP contribution in [0.2, 0.25) is 0 Å². The van der Waals surface area contributed by atoms with Gasteiger partial charge in [-0.3, -0.25) is 4.79 Å². The van der Waals surface area contributed by atoms with Crippen LogP contribution in [0.1, 0.15) is 23.4 Å². The van der Waals surface area contributed by atoms with Crippen LogP contribution in [0.4, 0.5) is 0 Å². The van der Waals surface area contributed by atoms with Gasteiger partial charge in [0.2, 0.25) is 5.91 Å². The highest BCUT2D eigenvalue weighted by Gasteiger charge is 2.09. The summed E-state index contributed by atoms with van der Waals surface area (Å²) >= 11 is 1.62. The number of carbonyl (C=O) groups excluding carboxylic acids is 1. The van der Waals surface area contributed by atoms with E-state index < -0.39 is 0 Å². The van der Waals surface area contributed by atoms with Crippen LogP contribution in [-0.4, -0.2) is 10.9 Å².